The minimum Gasteiger partial charge on any atom is -0.388 e. The Labute approximate surface area is 129 Å². The van der Waals surface area contributed by atoms with Crippen LogP contribution >= 0.6 is 0 Å². The second-order valence-corrected chi connectivity index (χ2v) is 6.52. The summed E-state index contributed by atoms with van der Waals surface area (Å²) >= 11 is 0. The van der Waals surface area contributed by atoms with Crippen LogP contribution in [0.2, 0.25) is 0 Å². The van der Waals surface area contributed by atoms with Crippen LogP contribution in [0.3, 0.4) is 0 Å². The fourth-order valence-electron chi connectivity index (χ4n) is 1.96. The first-order valence-corrected chi connectivity index (χ1v) is 8.24. The van der Waals surface area contributed by atoms with Gasteiger partial charge >= 0.3 is 0 Å². The molecular weight excluding hydrogens is 300 g/mol. The van der Waals surface area contributed by atoms with E-state index in [-0.39, 0.29) is 17.9 Å². The lowest BCUT2D eigenvalue weighted by molar-refractivity contribution is 0.169. The highest BCUT2D eigenvalue weighted by molar-refractivity contribution is 7.89. The number of sulfonamides is 1. The van der Waals surface area contributed by atoms with Gasteiger partial charge in [-0.1, -0.05) is 30.3 Å². The molecule has 2 aromatic rings. The number of nitriles is 1. The molecule has 0 saturated carbocycles. The molecule has 2 aromatic carbocycles. The van der Waals surface area contributed by atoms with Gasteiger partial charge in [0, 0.05) is 6.54 Å². The van der Waals surface area contributed by atoms with Gasteiger partial charge in [0.05, 0.1) is 22.6 Å². The molecule has 114 valence electrons. The van der Waals surface area contributed by atoms with Crippen LogP contribution in [-0.4, -0.2) is 20.1 Å². The molecule has 0 heterocycles. The summed E-state index contributed by atoms with van der Waals surface area (Å²) in [6, 6.07) is 16.7. The summed E-state index contributed by atoms with van der Waals surface area (Å²) < 4.78 is 26.6. The van der Waals surface area contributed by atoms with Crippen molar-refractivity contribution < 1.29 is 13.5 Å². The summed E-state index contributed by atoms with van der Waals surface area (Å²) in [5, 5.41) is 18.7. The van der Waals surface area contributed by atoms with Crippen molar-refractivity contribution in [3.63, 3.8) is 0 Å². The molecule has 6 heteroatoms. The monoisotopic (exact) mass is 316 g/mol. The van der Waals surface area contributed by atoms with Gasteiger partial charge in [0.15, 0.2) is 0 Å². The van der Waals surface area contributed by atoms with Crippen molar-refractivity contribution in [2.75, 3.05) is 6.54 Å². The van der Waals surface area contributed by atoms with E-state index in [2.05, 4.69) is 4.72 Å². The van der Waals surface area contributed by atoms with Gasteiger partial charge in [-0.3, -0.25) is 0 Å². The van der Waals surface area contributed by atoms with E-state index in [1.807, 2.05) is 24.3 Å². The van der Waals surface area contributed by atoms with Gasteiger partial charge in [0.1, 0.15) is 0 Å². The van der Waals surface area contributed by atoms with E-state index in [1.165, 1.54) is 24.3 Å². The van der Waals surface area contributed by atoms with Gasteiger partial charge in [-0.25, -0.2) is 13.1 Å². The van der Waals surface area contributed by atoms with Crippen LogP contribution in [0.25, 0.3) is 0 Å². The number of aliphatic hydroxyl groups excluding tert-OH is 1. The normalized spacial score (nSPS) is 12.5. The third-order valence-electron chi connectivity index (χ3n) is 3.19. The molecule has 0 aliphatic carbocycles. The lowest BCUT2D eigenvalue weighted by Gasteiger charge is -2.12. The zero-order valence-corrected chi connectivity index (χ0v) is 12.6. The van der Waals surface area contributed by atoms with E-state index in [4.69, 9.17) is 5.26 Å². The lowest BCUT2D eigenvalue weighted by atomic mass is 10.1. The summed E-state index contributed by atoms with van der Waals surface area (Å²) in [5.41, 5.74) is 1.15. The van der Waals surface area contributed by atoms with E-state index in [9.17, 15) is 13.5 Å². The maximum atomic E-state index is 12.1. The summed E-state index contributed by atoms with van der Waals surface area (Å²) in [6.45, 7) is 0.123. The Hall–Kier alpha value is -2.20. The van der Waals surface area contributed by atoms with Crippen LogP contribution in [0.1, 0.15) is 23.7 Å². The molecular formula is C16H16N2O3S. The topological polar surface area (TPSA) is 90.2 Å². The Kier molecular flexibility index (Phi) is 5.28. The molecule has 1 atom stereocenters. The largest absolute Gasteiger partial charge is 0.388 e. The molecule has 1 unspecified atom stereocenters. The fourth-order valence-corrected chi connectivity index (χ4v) is 3.01. The number of hydrogen-bond acceptors (Lipinski definition) is 4. The summed E-state index contributed by atoms with van der Waals surface area (Å²) in [5.74, 6) is 0. The molecule has 0 amide bonds. The van der Waals surface area contributed by atoms with Gasteiger partial charge in [0.2, 0.25) is 10.0 Å². The van der Waals surface area contributed by atoms with Crippen molar-refractivity contribution in [3.05, 3.63) is 65.7 Å². The first-order chi connectivity index (χ1) is 10.5. The number of nitrogens with zero attached hydrogens (tertiary/aromatic N) is 1. The summed E-state index contributed by atoms with van der Waals surface area (Å²) in [7, 11) is -3.63. The zero-order chi connectivity index (χ0) is 16.0. The quantitative estimate of drug-likeness (QED) is 0.852. The maximum Gasteiger partial charge on any atom is 0.240 e. The van der Waals surface area contributed by atoms with Crippen LogP contribution in [-0.2, 0) is 10.0 Å². The second-order valence-electron chi connectivity index (χ2n) is 4.75. The van der Waals surface area contributed by atoms with Crippen molar-refractivity contribution in [2.45, 2.75) is 17.4 Å². The van der Waals surface area contributed by atoms with E-state index in [1.54, 1.807) is 12.1 Å². The number of hydrogen-bond donors (Lipinski definition) is 2. The molecule has 0 spiro atoms. The minimum atomic E-state index is -3.63. The third-order valence-corrected chi connectivity index (χ3v) is 4.66. The van der Waals surface area contributed by atoms with Crippen molar-refractivity contribution >= 4 is 10.0 Å². The number of rotatable bonds is 6. The Balaban J connectivity index is 1.94. The Morgan fingerprint density at radius 2 is 1.73 bits per heavy atom. The standard InChI is InChI=1S/C16H16N2O3S/c17-12-13-6-8-15(9-7-13)22(20,21)18-11-10-16(19)14-4-2-1-3-5-14/h1-9,16,18-19H,10-11H2. The molecule has 5 nitrogen and oxygen atoms in total. The van der Waals surface area contributed by atoms with E-state index in [0.717, 1.165) is 5.56 Å². The Bertz CT molecular complexity index is 750. The van der Waals surface area contributed by atoms with E-state index in [0.29, 0.717) is 5.56 Å². The maximum absolute atomic E-state index is 12.1. The average molecular weight is 316 g/mol. The molecule has 0 fully saturated rings. The average Bonchev–Trinajstić information content (AvgIpc) is 2.55. The SMILES string of the molecule is N#Cc1ccc(S(=O)(=O)NCCC(O)c2ccccc2)cc1. The van der Waals surface area contributed by atoms with Crippen molar-refractivity contribution in [3.8, 4) is 6.07 Å². The predicted molar refractivity (Wildman–Crippen MR) is 82.4 cm³/mol. The van der Waals surface area contributed by atoms with Crippen LogP contribution in [0.15, 0.2) is 59.5 Å². The van der Waals surface area contributed by atoms with Crippen molar-refractivity contribution in [2.24, 2.45) is 0 Å². The molecule has 22 heavy (non-hydrogen) atoms. The molecule has 2 N–H and O–H groups in total. The van der Waals surface area contributed by atoms with Gasteiger partial charge < -0.3 is 5.11 Å². The molecule has 0 aliphatic heterocycles. The summed E-state index contributed by atoms with van der Waals surface area (Å²) in [4.78, 5) is 0.0979. The van der Waals surface area contributed by atoms with E-state index >= 15 is 0 Å². The summed E-state index contributed by atoms with van der Waals surface area (Å²) in [6.07, 6.45) is -0.440. The molecule has 0 aliphatic rings. The number of benzene rings is 2. The van der Waals surface area contributed by atoms with Crippen molar-refractivity contribution in [1.82, 2.24) is 4.72 Å². The number of aliphatic hydroxyl groups is 1. The Morgan fingerprint density at radius 3 is 2.32 bits per heavy atom. The molecule has 0 aromatic heterocycles. The number of nitrogens with one attached hydrogen (secondary N) is 1. The smallest absolute Gasteiger partial charge is 0.240 e. The molecule has 0 radical (unpaired) electrons. The first kappa shape index (κ1) is 16.2. The second kappa shape index (κ2) is 7.18. The minimum absolute atomic E-state index is 0.0979. The highest BCUT2D eigenvalue weighted by Crippen LogP contribution is 2.16. The van der Waals surface area contributed by atoms with Crippen LogP contribution < -0.4 is 4.72 Å². The third kappa shape index (κ3) is 4.15. The lowest BCUT2D eigenvalue weighted by Crippen LogP contribution is -2.26. The zero-order valence-electron chi connectivity index (χ0n) is 11.8. The Morgan fingerprint density at radius 1 is 1.09 bits per heavy atom. The van der Waals surface area contributed by atoms with Gasteiger partial charge in [-0.05, 0) is 36.2 Å². The van der Waals surface area contributed by atoms with Crippen molar-refractivity contribution in [1.29, 1.82) is 5.26 Å². The van der Waals surface area contributed by atoms with Crippen LogP contribution in [0, 0.1) is 11.3 Å². The molecule has 0 bridgehead atoms. The molecule has 0 saturated heterocycles. The van der Waals surface area contributed by atoms with Crippen LogP contribution in [0.4, 0.5) is 0 Å². The van der Waals surface area contributed by atoms with E-state index < -0.39 is 16.1 Å². The predicted octanol–water partition coefficient (Wildman–Crippen LogP) is 1.96. The van der Waals surface area contributed by atoms with Gasteiger partial charge in [-0.2, -0.15) is 5.26 Å². The van der Waals surface area contributed by atoms with Gasteiger partial charge in [0.25, 0.3) is 0 Å². The highest BCUT2D eigenvalue weighted by atomic mass is 32.2. The fraction of sp³-hybridized carbons (Fsp3) is 0.188. The van der Waals surface area contributed by atoms with Gasteiger partial charge in [-0.15, -0.1) is 0 Å². The van der Waals surface area contributed by atoms with Crippen LogP contribution in [0.5, 0.6) is 0 Å². The molecule has 2 rings (SSSR count). The highest BCUT2D eigenvalue weighted by Gasteiger charge is 2.14. The first-order valence-electron chi connectivity index (χ1n) is 6.76.